The molecule has 0 bridgehead atoms. The first kappa shape index (κ1) is 19.6. The van der Waals surface area contributed by atoms with Gasteiger partial charge in [0.05, 0.1) is 0 Å². The van der Waals surface area contributed by atoms with E-state index in [1.165, 1.54) is 23.9 Å². The maximum atomic E-state index is 5.02. The summed E-state index contributed by atoms with van der Waals surface area (Å²) in [5, 5.41) is 0. The Morgan fingerprint density at radius 2 is 1.37 bits per heavy atom. The van der Waals surface area contributed by atoms with E-state index in [0.29, 0.717) is 6.61 Å². The molecule has 1 aliphatic heterocycles. The molecule has 1 heterocycles. The van der Waals surface area contributed by atoms with Gasteiger partial charge in [-0.15, -0.1) is 0 Å². The first-order chi connectivity index (χ1) is 13.4. The number of methoxy groups -OCH3 is 1. The fraction of sp³-hybridized carbons (Fsp3) is 0.120. The topological polar surface area (TPSA) is 9.23 Å². The summed E-state index contributed by atoms with van der Waals surface area (Å²) >= 11 is -0.409. The van der Waals surface area contributed by atoms with Crippen LogP contribution in [-0.4, -0.2) is 34.6 Å². The average Bonchev–Trinajstić information content (AvgIpc) is 2.74. The van der Waals surface area contributed by atoms with Crippen molar-refractivity contribution in [2.75, 3.05) is 13.7 Å². The SMILES string of the molecule is COC/C=C/C/C=C/C=C1C=C(c2ccccc2)[Te]C(c2ccccc2)=C1. The Bertz CT molecular complexity index is 814. The van der Waals surface area contributed by atoms with Crippen LogP contribution in [0.4, 0.5) is 0 Å². The number of hydrogen-bond donors (Lipinski definition) is 0. The summed E-state index contributed by atoms with van der Waals surface area (Å²) in [5.41, 5.74) is 3.96. The van der Waals surface area contributed by atoms with E-state index in [4.69, 9.17) is 4.74 Å². The van der Waals surface area contributed by atoms with Crippen molar-refractivity contribution in [3.8, 4) is 0 Å². The minimum atomic E-state index is -0.409. The second-order valence-electron chi connectivity index (χ2n) is 6.11. The van der Waals surface area contributed by atoms with E-state index in [1.807, 2.05) is 6.08 Å². The molecule has 27 heavy (non-hydrogen) atoms. The zero-order valence-electron chi connectivity index (χ0n) is 15.5. The Morgan fingerprint density at radius 3 is 1.93 bits per heavy atom. The summed E-state index contributed by atoms with van der Waals surface area (Å²) in [6, 6.07) is 21.5. The van der Waals surface area contributed by atoms with Gasteiger partial charge in [0.15, 0.2) is 0 Å². The van der Waals surface area contributed by atoms with Crippen molar-refractivity contribution in [2.45, 2.75) is 6.42 Å². The van der Waals surface area contributed by atoms with Gasteiger partial charge < -0.3 is 0 Å². The molecule has 0 spiro atoms. The molecule has 0 aromatic heterocycles. The molecule has 0 amide bonds. The van der Waals surface area contributed by atoms with Crippen molar-refractivity contribution in [3.63, 3.8) is 0 Å². The molecule has 0 saturated carbocycles. The molecule has 0 saturated heterocycles. The standard InChI is InChI=1S/C25H24OTe/c1-26-18-12-4-2-3-7-13-21-19-24(22-14-8-5-9-15-22)27-25(20-21)23-16-10-6-11-17-23/h3-17,19-20H,2,18H2,1H3/b7-3+,12-4+. The third-order valence-corrected chi connectivity index (χ3v) is 7.33. The van der Waals surface area contributed by atoms with E-state index >= 15 is 0 Å². The van der Waals surface area contributed by atoms with E-state index in [2.05, 4.69) is 97.1 Å². The number of ether oxygens (including phenoxy) is 1. The summed E-state index contributed by atoms with van der Waals surface area (Å²) in [5.74, 6) is 0. The molecule has 136 valence electrons. The van der Waals surface area contributed by atoms with E-state index < -0.39 is 20.9 Å². The van der Waals surface area contributed by atoms with Crippen molar-refractivity contribution >= 4 is 28.2 Å². The second-order valence-corrected chi connectivity index (χ2v) is 9.20. The molecule has 0 unspecified atom stereocenters. The van der Waals surface area contributed by atoms with Crippen LogP contribution in [0.3, 0.4) is 0 Å². The monoisotopic (exact) mass is 470 g/mol. The van der Waals surface area contributed by atoms with Crippen LogP contribution in [0.2, 0.25) is 0 Å². The summed E-state index contributed by atoms with van der Waals surface area (Å²) in [7, 11) is 1.71. The predicted molar refractivity (Wildman–Crippen MR) is 117 cm³/mol. The molecule has 0 N–H and O–H groups in total. The summed E-state index contributed by atoms with van der Waals surface area (Å²) in [4.78, 5) is 0. The van der Waals surface area contributed by atoms with Gasteiger partial charge in [-0.3, -0.25) is 0 Å². The van der Waals surface area contributed by atoms with Crippen LogP contribution < -0.4 is 0 Å². The molecule has 0 fully saturated rings. The Kier molecular flexibility index (Phi) is 7.93. The molecule has 2 heteroatoms. The van der Waals surface area contributed by atoms with Crippen molar-refractivity contribution in [3.05, 3.63) is 120 Å². The van der Waals surface area contributed by atoms with Crippen LogP contribution in [0.1, 0.15) is 17.5 Å². The van der Waals surface area contributed by atoms with E-state index in [-0.39, 0.29) is 0 Å². The van der Waals surface area contributed by atoms with Gasteiger partial charge in [-0.1, -0.05) is 0 Å². The summed E-state index contributed by atoms with van der Waals surface area (Å²) in [6.07, 6.45) is 16.3. The van der Waals surface area contributed by atoms with Crippen molar-refractivity contribution < 1.29 is 4.74 Å². The fourth-order valence-corrected chi connectivity index (χ4v) is 5.94. The third-order valence-electron chi connectivity index (χ3n) is 4.06. The number of allylic oxidation sites excluding steroid dienone is 7. The summed E-state index contributed by atoms with van der Waals surface area (Å²) in [6.45, 7) is 0.672. The van der Waals surface area contributed by atoms with Gasteiger partial charge in [0.2, 0.25) is 0 Å². The van der Waals surface area contributed by atoms with Crippen LogP contribution in [0.25, 0.3) is 7.24 Å². The predicted octanol–water partition coefficient (Wildman–Crippen LogP) is 5.86. The van der Waals surface area contributed by atoms with Gasteiger partial charge in [-0.2, -0.15) is 0 Å². The third kappa shape index (κ3) is 6.22. The van der Waals surface area contributed by atoms with Gasteiger partial charge in [0.1, 0.15) is 0 Å². The van der Waals surface area contributed by atoms with Gasteiger partial charge in [-0.05, 0) is 0 Å². The van der Waals surface area contributed by atoms with Crippen LogP contribution >= 0.6 is 0 Å². The van der Waals surface area contributed by atoms with Crippen LogP contribution in [-0.2, 0) is 4.74 Å². The van der Waals surface area contributed by atoms with E-state index in [9.17, 15) is 0 Å². The number of benzene rings is 2. The second kappa shape index (κ2) is 10.9. The average molecular weight is 468 g/mol. The van der Waals surface area contributed by atoms with Gasteiger partial charge in [-0.25, -0.2) is 0 Å². The van der Waals surface area contributed by atoms with Crippen LogP contribution in [0.5, 0.6) is 0 Å². The molecule has 2 aromatic rings. The molecule has 0 atom stereocenters. The molecule has 2 aromatic carbocycles. The van der Waals surface area contributed by atoms with Crippen LogP contribution in [0, 0.1) is 0 Å². The number of hydrogen-bond acceptors (Lipinski definition) is 1. The van der Waals surface area contributed by atoms with E-state index in [0.717, 1.165) is 6.42 Å². The fourth-order valence-electron chi connectivity index (χ4n) is 2.70. The van der Waals surface area contributed by atoms with Crippen molar-refractivity contribution in [1.82, 2.24) is 0 Å². The zero-order valence-corrected chi connectivity index (χ0v) is 17.9. The first-order valence-corrected chi connectivity index (χ1v) is 11.4. The molecular formula is C25H24OTe. The molecule has 0 aliphatic carbocycles. The van der Waals surface area contributed by atoms with Crippen LogP contribution in [0.15, 0.2) is 109 Å². The Morgan fingerprint density at radius 1 is 0.778 bits per heavy atom. The normalized spacial score (nSPS) is 14.5. The molecule has 1 nitrogen and oxygen atoms in total. The molecule has 1 aliphatic rings. The van der Waals surface area contributed by atoms with Gasteiger partial charge >= 0.3 is 173 Å². The van der Waals surface area contributed by atoms with Gasteiger partial charge in [0, 0.05) is 0 Å². The van der Waals surface area contributed by atoms with Crippen molar-refractivity contribution in [2.24, 2.45) is 0 Å². The Balaban J connectivity index is 1.82. The Hall–Kier alpha value is -2.11. The maximum absolute atomic E-state index is 5.02. The minimum absolute atomic E-state index is 0.409. The molecule has 3 rings (SSSR count). The molecule has 0 radical (unpaired) electrons. The molecular weight excluding hydrogens is 444 g/mol. The zero-order chi connectivity index (χ0) is 18.7. The Labute approximate surface area is 172 Å². The van der Waals surface area contributed by atoms with E-state index in [1.54, 1.807) is 7.11 Å². The first-order valence-electron chi connectivity index (χ1n) is 9.09. The quantitative estimate of drug-likeness (QED) is 0.366. The van der Waals surface area contributed by atoms with Crippen molar-refractivity contribution in [1.29, 1.82) is 0 Å². The van der Waals surface area contributed by atoms with Gasteiger partial charge in [0.25, 0.3) is 0 Å². The number of rotatable bonds is 7. The summed E-state index contributed by atoms with van der Waals surface area (Å²) < 4.78 is 7.99.